The molecule has 0 aromatic heterocycles. The van der Waals surface area contributed by atoms with E-state index in [4.69, 9.17) is 4.74 Å². The lowest BCUT2D eigenvalue weighted by molar-refractivity contribution is -0.219. The molecule has 3 saturated heterocycles. The number of nitrogens with zero attached hydrogens (tertiary/aromatic N) is 9. The Morgan fingerprint density at radius 3 is 1.77 bits per heavy atom. The molecule has 113 heavy (non-hydrogen) atoms. The molecule has 5 saturated carbocycles. The van der Waals surface area contributed by atoms with E-state index < -0.39 is 230 Å². The van der Waals surface area contributed by atoms with Crippen molar-refractivity contribution in [2.24, 2.45) is 41.4 Å². The van der Waals surface area contributed by atoms with Crippen molar-refractivity contribution < 1.29 is 97.4 Å². The molecule has 0 aromatic rings. The van der Waals surface area contributed by atoms with E-state index in [1.165, 1.54) is 73.8 Å². The van der Waals surface area contributed by atoms with Gasteiger partial charge in [0.2, 0.25) is 70.9 Å². The second kappa shape index (κ2) is 40.3. The van der Waals surface area contributed by atoms with Gasteiger partial charge in [0.15, 0.2) is 0 Å². The highest BCUT2D eigenvalue weighted by molar-refractivity contribution is 6.01. The van der Waals surface area contributed by atoms with Gasteiger partial charge in [-0.05, 0) is 152 Å². The maximum absolute atomic E-state index is 16.3. The largest absolute Gasteiger partial charge is 0.397 e. The quantitative estimate of drug-likeness (QED) is 0.130. The molecular formula is C80H126F8N12O13. The predicted octanol–water partition coefficient (Wildman–Crippen LogP) is 8.28. The van der Waals surface area contributed by atoms with Crippen LogP contribution in [0.3, 0.4) is 0 Å². The Balaban J connectivity index is 1.22. The number of alkyl halides is 8. The van der Waals surface area contributed by atoms with Crippen molar-refractivity contribution in [3.63, 3.8) is 0 Å². The van der Waals surface area contributed by atoms with E-state index in [1.54, 1.807) is 27.7 Å². The van der Waals surface area contributed by atoms with Gasteiger partial charge in [0, 0.05) is 82.0 Å². The van der Waals surface area contributed by atoms with Crippen LogP contribution in [-0.4, -0.2) is 288 Å². The lowest BCUT2D eigenvalue weighted by Gasteiger charge is -2.47. The smallest absolute Gasteiger partial charge is 0.377 e. The van der Waals surface area contributed by atoms with Gasteiger partial charge in [0.05, 0.1) is 31.5 Å². The molecule has 8 rings (SSSR count). The van der Waals surface area contributed by atoms with Crippen molar-refractivity contribution in [3.05, 3.63) is 0 Å². The number of carbonyl (C=O) groups is 12. The molecule has 5 aliphatic carbocycles. The van der Waals surface area contributed by atoms with E-state index in [0.29, 0.717) is 64.2 Å². The van der Waals surface area contributed by atoms with Crippen LogP contribution in [0.4, 0.5) is 35.1 Å². The number of carbonyl (C=O) groups excluding carboxylic acids is 12. The number of hydrogen-bond donors (Lipinski definition) is 3. The molecule has 33 heteroatoms. The zero-order valence-electron chi connectivity index (χ0n) is 68.2. The minimum atomic E-state index is -5.22. The minimum Gasteiger partial charge on any atom is -0.377 e. The average Bonchev–Trinajstić information content (AvgIpc) is 1.65. The second-order valence-corrected chi connectivity index (χ2v) is 34.2. The molecule has 2 bridgehead atoms. The Kier molecular flexibility index (Phi) is 32.6. The van der Waals surface area contributed by atoms with Crippen molar-refractivity contribution in [2.75, 3.05) is 88.7 Å². The highest BCUT2D eigenvalue weighted by atomic mass is 19.4. The fourth-order valence-corrected chi connectivity index (χ4v) is 19.0. The first kappa shape index (κ1) is 91.6. The van der Waals surface area contributed by atoms with E-state index >= 15 is 47.1 Å². The van der Waals surface area contributed by atoms with Crippen LogP contribution >= 0.6 is 0 Å². The van der Waals surface area contributed by atoms with E-state index in [0.717, 1.165) is 51.7 Å². The molecule has 12 atom stereocenters. The highest BCUT2D eigenvalue weighted by Crippen LogP contribution is 2.46. The van der Waals surface area contributed by atoms with Crippen LogP contribution in [0, 0.1) is 41.4 Å². The SMILES string of the molecule is CCO[C@@H]1C[C@H]2C(=O)NC3(CCC3)C(=O)N(C)[C@@H](C3CCCC3)C(=O)N(CCC3CCCCC3)[C@H](C(=O)N(C)C)CC(=O)N(C)[C@@H](CC)C(=O)N[C@@H]([C@@H](C)CC)C(=O)N(C)CC(=O)N(C)[C@H]3CCCCCN(C3=O)[C@@H](CC3CCC(C(F)(F)F)CC3)C(=O)N(C)CC(=O)N[C@@H](CCC3CC(F)C(C(F)(F)F)C(F)C3)C(=O)N2C1. The molecule has 8 fully saturated rings. The third-order valence-electron chi connectivity index (χ3n) is 26.3. The molecule has 8 aliphatic rings. The van der Waals surface area contributed by atoms with Gasteiger partial charge in [0.25, 0.3) is 0 Å². The number of nitrogens with one attached hydrogen (secondary N) is 3. The summed E-state index contributed by atoms with van der Waals surface area (Å²) in [6.45, 7) is 5.11. The Labute approximate surface area is 660 Å². The van der Waals surface area contributed by atoms with Gasteiger partial charge in [-0.3, -0.25) is 57.5 Å². The first-order chi connectivity index (χ1) is 53.3. The lowest BCUT2D eigenvalue weighted by atomic mass is 9.74. The van der Waals surface area contributed by atoms with Gasteiger partial charge < -0.3 is 64.8 Å². The molecule has 3 aliphatic heterocycles. The van der Waals surface area contributed by atoms with Gasteiger partial charge in [-0.15, -0.1) is 0 Å². The topological polar surface area (TPSA) is 279 Å². The summed E-state index contributed by atoms with van der Waals surface area (Å²) in [7, 11) is 9.80. The van der Waals surface area contributed by atoms with Crippen LogP contribution in [0.25, 0.3) is 0 Å². The molecule has 2 unspecified atom stereocenters. The van der Waals surface area contributed by atoms with Crippen molar-refractivity contribution in [2.45, 2.75) is 305 Å². The lowest BCUT2D eigenvalue weighted by Crippen LogP contribution is -2.68. The second-order valence-electron chi connectivity index (χ2n) is 34.2. The molecule has 3 N–H and O–H groups in total. The van der Waals surface area contributed by atoms with Crippen molar-refractivity contribution in [1.29, 1.82) is 0 Å². The van der Waals surface area contributed by atoms with Crippen molar-refractivity contribution in [1.82, 2.24) is 60.0 Å². The van der Waals surface area contributed by atoms with Crippen LogP contribution in [0.5, 0.6) is 0 Å². The Morgan fingerprint density at radius 1 is 0.584 bits per heavy atom. The average molecular weight is 1620 g/mol. The fourth-order valence-electron chi connectivity index (χ4n) is 19.0. The third-order valence-corrected chi connectivity index (χ3v) is 26.3. The summed E-state index contributed by atoms with van der Waals surface area (Å²) < 4.78 is 122. The molecule has 640 valence electrons. The van der Waals surface area contributed by atoms with Crippen LogP contribution < -0.4 is 16.0 Å². The highest BCUT2D eigenvalue weighted by Gasteiger charge is 2.57. The summed E-state index contributed by atoms with van der Waals surface area (Å²) >= 11 is 0. The Hall–Kier alpha value is -6.96. The molecule has 0 radical (unpaired) electrons. The summed E-state index contributed by atoms with van der Waals surface area (Å²) in [5.74, 6) is -16.2. The Morgan fingerprint density at radius 2 is 1.19 bits per heavy atom. The van der Waals surface area contributed by atoms with Crippen molar-refractivity contribution in [3.8, 4) is 0 Å². The Bertz CT molecular complexity index is 3300. The van der Waals surface area contributed by atoms with Gasteiger partial charge in [-0.1, -0.05) is 85.0 Å². The number of fused-ring (bicyclic) bond motifs is 3. The summed E-state index contributed by atoms with van der Waals surface area (Å²) in [5.41, 5.74) is -1.69. The number of likely N-dealkylation sites (N-methyl/N-ethyl adjacent to an activating group) is 6. The number of ether oxygens (including phenoxy) is 1. The maximum atomic E-state index is 16.3. The summed E-state index contributed by atoms with van der Waals surface area (Å²) in [4.78, 5) is 195. The monoisotopic (exact) mass is 1610 g/mol. The predicted molar refractivity (Wildman–Crippen MR) is 402 cm³/mol. The zero-order valence-corrected chi connectivity index (χ0v) is 68.2. The standard InChI is InChI=1S/C80H126F8N12O13/c1-12-48(4)67-75(110)94(8)47-65(103)96(10)59-28-19-16-22-38-98(74(59)109)61(42-50-29-32-53(33-30-50)79(83,84)85)73(108)93(7)46-63(101)89-57(34-31-51-40-55(81)66(56(82)41-51)80(86,87)88)71(106)100-45-54(113-14-3)43-60(100)70(105)91-78(36-23-37-78)77(112)97(11)68(52-26-20-21-27-52)76(111)99(39-35-49-24-17-15-18-25-49)62(72(107)92(5)6)44-64(102)95(9)58(13-2)69(104)90-67/h48-62,66-68H,12-47H2,1-11H3,(H,89,101)(H,90,104)(H,91,105)/t48-,50?,51?,53?,54+,55?,56?,57-,58-,59-,60-,61-,62-,66?,67-,68-/m0/s1. The third kappa shape index (κ3) is 22.6. The summed E-state index contributed by atoms with van der Waals surface area (Å²) in [5, 5.41) is 8.51. The van der Waals surface area contributed by atoms with E-state index in [9.17, 15) is 45.5 Å². The number of halogens is 8. The first-order valence-corrected chi connectivity index (χ1v) is 41.6. The van der Waals surface area contributed by atoms with Crippen LogP contribution in [0.2, 0.25) is 0 Å². The first-order valence-electron chi connectivity index (χ1n) is 41.6. The van der Waals surface area contributed by atoms with Gasteiger partial charge in [-0.2, -0.15) is 26.3 Å². The zero-order chi connectivity index (χ0) is 83.3. The van der Waals surface area contributed by atoms with E-state index in [-0.39, 0.29) is 103 Å². The van der Waals surface area contributed by atoms with E-state index in [1.807, 2.05) is 0 Å². The van der Waals surface area contributed by atoms with Gasteiger partial charge >= 0.3 is 12.4 Å². The van der Waals surface area contributed by atoms with E-state index in [2.05, 4.69) is 16.0 Å². The number of amides is 12. The number of hydrogen-bond acceptors (Lipinski definition) is 13. The van der Waals surface area contributed by atoms with Crippen molar-refractivity contribution >= 4 is 70.9 Å². The minimum absolute atomic E-state index is 0.00464. The maximum Gasteiger partial charge on any atom is 0.397 e. The molecule has 0 aromatic carbocycles. The summed E-state index contributed by atoms with van der Waals surface area (Å²) in [6.07, 6.45) is -9.97. The molecule has 1 spiro atoms. The molecular weight excluding hydrogens is 1490 g/mol. The normalized spacial score (nSPS) is 31.9. The fraction of sp³-hybridized carbons (Fsp3) is 0.850. The molecule has 3 heterocycles. The van der Waals surface area contributed by atoms with Crippen LogP contribution in [0.15, 0.2) is 0 Å². The number of rotatable bonds is 15. The molecule has 12 amide bonds. The van der Waals surface area contributed by atoms with Crippen LogP contribution in [-0.2, 0) is 62.3 Å². The van der Waals surface area contributed by atoms with Crippen LogP contribution in [0.1, 0.15) is 220 Å². The molecule has 25 nitrogen and oxygen atoms in total. The van der Waals surface area contributed by atoms with Gasteiger partial charge in [-0.25, -0.2) is 8.78 Å². The van der Waals surface area contributed by atoms with Gasteiger partial charge in [0.1, 0.15) is 72.1 Å². The summed E-state index contributed by atoms with van der Waals surface area (Å²) in [6, 6.07) is -11.2.